The van der Waals surface area contributed by atoms with Crippen molar-refractivity contribution >= 4 is 21.9 Å². The third-order valence-corrected chi connectivity index (χ3v) is 6.52. The van der Waals surface area contributed by atoms with Crippen LogP contribution in [-0.4, -0.2) is 56.5 Å². The van der Waals surface area contributed by atoms with Crippen LogP contribution in [0.2, 0.25) is 0 Å². The Hall–Kier alpha value is -2.13. The summed E-state index contributed by atoms with van der Waals surface area (Å²) in [6, 6.07) is 4.20. The zero-order chi connectivity index (χ0) is 20.0. The normalized spacial score (nSPS) is 17.0. The zero-order valence-electron chi connectivity index (χ0n) is 15.6. The number of sulfonamides is 1. The smallest absolute Gasteiger partial charge is 0.308 e. The van der Waals surface area contributed by atoms with Crippen LogP contribution in [0, 0.1) is 5.92 Å². The zero-order valence-corrected chi connectivity index (χ0v) is 16.4. The maximum absolute atomic E-state index is 13.1. The summed E-state index contributed by atoms with van der Waals surface area (Å²) in [5.74, 6) is -2.12. The van der Waals surface area contributed by atoms with E-state index in [9.17, 15) is 18.0 Å². The molecule has 0 saturated carbocycles. The Morgan fingerprint density at radius 2 is 1.85 bits per heavy atom. The Morgan fingerprint density at radius 3 is 2.41 bits per heavy atom. The monoisotopic (exact) mass is 398 g/mol. The highest BCUT2D eigenvalue weighted by Crippen LogP contribution is 2.29. The molecule has 1 amide bonds. The number of carbonyl (C=O) groups excluding carboxylic acids is 1. The van der Waals surface area contributed by atoms with Gasteiger partial charge in [0.25, 0.3) is 5.91 Å². The van der Waals surface area contributed by atoms with Crippen LogP contribution in [0.25, 0.3) is 0 Å². The fraction of sp³-hybridized carbons (Fsp3) is 0.556. The van der Waals surface area contributed by atoms with Crippen molar-refractivity contribution < 1.29 is 27.9 Å². The SMILES string of the molecule is COc1ccc(C(=O)NCC(C)C(=O)O)cc1S(=O)(=O)N1CCCCCC1. The topological polar surface area (TPSA) is 113 Å². The van der Waals surface area contributed by atoms with E-state index in [1.807, 2.05) is 0 Å². The molecule has 0 aromatic heterocycles. The standard InChI is InChI=1S/C18H26N2O6S/c1-13(18(22)23)12-19-17(21)14-7-8-15(26-2)16(11-14)27(24,25)20-9-5-3-4-6-10-20/h7-8,11,13H,3-6,9-10,12H2,1-2H3,(H,19,21)(H,22,23). The van der Waals surface area contributed by atoms with Crippen molar-refractivity contribution in [2.45, 2.75) is 37.5 Å². The summed E-state index contributed by atoms with van der Waals surface area (Å²) in [6.07, 6.45) is 3.59. The van der Waals surface area contributed by atoms with Gasteiger partial charge in [-0.2, -0.15) is 4.31 Å². The molecule has 1 aliphatic rings. The van der Waals surface area contributed by atoms with Crippen LogP contribution in [-0.2, 0) is 14.8 Å². The molecule has 1 fully saturated rings. The fourth-order valence-electron chi connectivity index (χ4n) is 2.88. The number of hydrogen-bond donors (Lipinski definition) is 2. The lowest BCUT2D eigenvalue weighted by Crippen LogP contribution is -2.33. The van der Waals surface area contributed by atoms with E-state index in [2.05, 4.69) is 5.32 Å². The van der Waals surface area contributed by atoms with Gasteiger partial charge in [0.1, 0.15) is 10.6 Å². The molecule has 1 unspecified atom stereocenters. The average Bonchev–Trinajstić information content (AvgIpc) is 2.95. The van der Waals surface area contributed by atoms with Crippen molar-refractivity contribution in [3.05, 3.63) is 23.8 Å². The van der Waals surface area contributed by atoms with Crippen LogP contribution in [0.5, 0.6) is 5.75 Å². The first-order valence-electron chi connectivity index (χ1n) is 8.96. The Balaban J connectivity index is 2.28. The second-order valence-corrected chi connectivity index (χ2v) is 8.54. The van der Waals surface area contributed by atoms with Gasteiger partial charge in [0.05, 0.1) is 13.0 Å². The van der Waals surface area contributed by atoms with Gasteiger partial charge in [0, 0.05) is 25.2 Å². The number of rotatable bonds is 7. The number of ether oxygens (including phenoxy) is 1. The molecule has 2 N–H and O–H groups in total. The number of hydrogen-bond acceptors (Lipinski definition) is 5. The highest BCUT2D eigenvalue weighted by Gasteiger charge is 2.29. The molecule has 1 atom stereocenters. The summed E-state index contributed by atoms with van der Waals surface area (Å²) in [5, 5.41) is 11.4. The maximum Gasteiger partial charge on any atom is 0.308 e. The summed E-state index contributed by atoms with van der Waals surface area (Å²) in [7, 11) is -2.41. The van der Waals surface area contributed by atoms with Crippen molar-refractivity contribution in [1.82, 2.24) is 9.62 Å². The summed E-state index contributed by atoms with van der Waals surface area (Å²) in [5.41, 5.74) is 0.141. The number of carboxylic acid groups (broad SMARTS) is 1. The Kier molecular flexibility index (Phi) is 7.20. The minimum absolute atomic E-state index is 0.0472. The highest BCUT2D eigenvalue weighted by atomic mass is 32.2. The number of aliphatic carboxylic acids is 1. The molecule has 0 radical (unpaired) electrons. The van der Waals surface area contributed by atoms with E-state index in [1.54, 1.807) is 0 Å². The number of amides is 1. The average molecular weight is 398 g/mol. The van der Waals surface area contributed by atoms with Crippen molar-refractivity contribution in [3.8, 4) is 5.75 Å². The second-order valence-electron chi connectivity index (χ2n) is 6.63. The largest absolute Gasteiger partial charge is 0.495 e. The van der Waals surface area contributed by atoms with Gasteiger partial charge in [0.15, 0.2) is 0 Å². The third-order valence-electron chi connectivity index (χ3n) is 4.60. The predicted molar refractivity (Wildman–Crippen MR) is 99.4 cm³/mol. The summed E-state index contributed by atoms with van der Waals surface area (Å²) < 4.78 is 32.8. The van der Waals surface area contributed by atoms with Crippen molar-refractivity contribution in [2.75, 3.05) is 26.7 Å². The molecule has 2 rings (SSSR count). The van der Waals surface area contributed by atoms with Gasteiger partial charge in [-0.15, -0.1) is 0 Å². The Bertz CT molecular complexity index is 785. The molecule has 1 saturated heterocycles. The molecule has 1 aliphatic heterocycles. The molecule has 0 spiro atoms. The summed E-state index contributed by atoms with van der Waals surface area (Å²) in [6.45, 7) is 2.32. The summed E-state index contributed by atoms with van der Waals surface area (Å²) >= 11 is 0. The molecule has 1 aromatic rings. The number of nitrogens with one attached hydrogen (secondary N) is 1. The van der Waals surface area contributed by atoms with Gasteiger partial charge in [-0.1, -0.05) is 19.8 Å². The molecule has 1 heterocycles. The van der Waals surface area contributed by atoms with Gasteiger partial charge in [-0.3, -0.25) is 9.59 Å². The first kappa shape index (κ1) is 21.2. The third kappa shape index (κ3) is 5.20. The van der Waals surface area contributed by atoms with Gasteiger partial charge in [-0.05, 0) is 31.0 Å². The lowest BCUT2D eigenvalue weighted by Gasteiger charge is -2.21. The number of nitrogens with zero attached hydrogens (tertiary/aromatic N) is 1. The molecule has 8 nitrogen and oxygen atoms in total. The molecule has 1 aromatic carbocycles. The highest BCUT2D eigenvalue weighted by molar-refractivity contribution is 7.89. The fourth-order valence-corrected chi connectivity index (χ4v) is 4.57. The van der Waals surface area contributed by atoms with Crippen LogP contribution in [0.15, 0.2) is 23.1 Å². The number of methoxy groups -OCH3 is 1. The Labute approximate surface area is 159 Å². The minimum Gasteiger partial charge on any atom is -0.495 e. The molecular weight excluding hydrogens is 372 g/mol. The Morgan fingerprint density at radius 1 is 1.22 bits per heavy atom. The lowest BCUT2D eigenvalue weighted by molar-refractivity contribution is -0.140. The van der Waals surface area contributed by atoms with E-state index in [4.69, 9.17) is 9.84 Å². The molecule has 0 bridgehead atoms. The molecule has 0 aliphatic carbocycles. The second kappa shape index (κ2) is 9.18. The molecule has 9 heteroatoms. The quantitative estimate of drug-likeness (QED) is 0.723. The van der Waals surface area contributed by atoms with E-state index in [-0.39, 0.29) is 22.8 Å². The van der Waals surface area contributed by atoms with Crippen molar-refractivity contribution in [1.29, 1.82) is 0 Å². The van der Waals surface area contributed by atoms with E-state index >= 15 is 0 Å². The number of carboxylic acids is 1. The maximum atomic E-state index is 13.1. The first-order valence-corrected chi connectivity index (χ1v) is 10.4. The first-order chi connectivity index (χ1) is 12.8. The van der Waals surface area contributed by atoms with Crippen molar-refractivity contribution in [3.63, 3.8) is 0 Å². The lowest BCUT2D eigenvalue weighted by atomic mass is 10.1. The predicted octanol–water partition coefficient (Wildman–Crippen LogP) is 1.71. The van der Waals surface area contributed by atoms with Gasteiger partial charge in [0.2, 0.25) is 10.0 Å². The van der Waals surface area contributed by atoms with Crippen molar-refractivity contribution in [2.24, 2.45) is 5.92 Å². The van der Waals surface area contributed by atoms with Crippen LogP contribution in [0.3, 0.4) is 0 Å². The molecule has 27 heavy (non-hydrogen) atoms. The van der Waals surface area contributed by atoms with Gasteiger partial charge >= 0.3 is 5.97 Å². The summed E-state index contributed by atoms with van der Waals surface area (Å²) in [4.78, 5) is 23.1. The van der Waals surface area contributed by atoms with Crippen LogP contribution in [0.1, 0.15) is 43.0 Å². The van der Waals surface area contributed by atoms with Crippen LogP contribution in [0.4, 0.5) is 0 Å². The van der Waals surface area contributed by atoms with Crippen LogP contribution < -0.4 is 10.1 Å². The van der Waals surface area contributed by atoms with E-state index in [0.29, 0.717) is 13.1 Å². The number of benzene rings is 1. The van der Waals surface area contributed by atoms with E-state index < -0.39 is 27.8 Å². The van der Waals surface area contributed by atoms with Gasteiger partial charge in [-0.25, -0.2) is 8.42 Å². The van der Waals surface area contributed by atoms with Gasteiger partial charge < -0.3 is 15.2 Å². The minimum atomic E-state index is -3.79. The molecule has 150 valence electrons. The molecular formula is C18H26N2O6S. The van der Waals surface area contributed by atoms with E-state index in [0.717, 1.165) is 25.7 Å². The van der Waals surface area contributed by atoms with E-state index in [1.165, 1.54) is 36.5 Å². The van der Waals surface area contributed by atoms with Crippen LogP contribution >= 0.6 is 0 Å². The number of carbonyl (C=O) groups is 2.